The number of ether oxygens (including phenoxy) is 2. The molecule has 1 fully saturated rings. The number of aromatic hydroxyl groups is 1. The molecule has 188 valence electrons. The molecule has 0 aliphatic carbocycles. The Morgan fingerprint density at radius 3 is 2.49 bits per heavy atom. The van der Waals surface area contributed by atoms with Crippen LogP contribution in [0.3, 0.4) is 0 Å². The smallest absolute Gasteiger partial charge is 0.301 e. The normalized spacial score (nSPS) is 17.1. The summed E-state index contributed by atoms with van der Waals surface area (Å²) in [4.78, 5) is 32.7. The van der Waals surface area contributed by atoms with E-state index in [1.165, 1.54) is 28.4 Å². The monoisotopic (exact) mass is 516 g/mol. The second kappa shape index (κ2) is 9.59. The average Bonchev–Trinajstić information content (AvgIpc) is 3.41. The number of fused-ring (bicyclic) bond motifs is 1. The van der Waals surface area contributed by atoms with Crippen LogP contribution in [0.25, 0.3) is 16.0 Å². The maximum absolute atomic E-state index is 13.4. The minimum atomic E-state index is -0.960. The standard InChI is InChI=1S/C28H24N2O6S/c1-15(2)36-20-6-4-5-17(13-20)25(32)23-24(16-7-9-18(31)10-8-16)30(27(34)26(23)33)28-29-21-12-11-19(35-3)14-22(21)37-28/h4-15,24,31-32H,1-3H3/b25-23+. The van der Waals surface area contributed by atoms with Gasteiger partial charge >= 0.3 is 5.91 Å². The van der Waals surface area contributed by atoms with E-state index >= 15 is 0 Å². The number of phenols is 1. The van der Waals surface area contributed by atoms with Crippen molar-refractivity contribution in [3.8, 4) is 17.2 Å². The molecule has 0 radical (unpaired) electrons. The number of methoxy groups -OCH3 is 1. The van der Waals surface area contributed by atoms with Crippen LogP contribution < -0.4 is 14.4 Å². The Kier molecular flexibility index (Phi) is 6.31. The third kappa shape index (κ3) is 4.49. The number of thiazole rings is 1. The van der Waals surface area contributed by atoms with Gasteiger partial charge in [0.15, 0.2) is 5.13 Å². The predicted octanol–water partition coefficient (Wildman–Crippen LogP) is 5.42. The number of nitrogens with zero attached hydrogens (tertiary/aromatic N) is 2. The number of rotatable bonds is 6. The van der Waals surface area contributed by atoms with E-state index in [2.05, 4.69) is 4.98 Å². The zero-order valence-corrected chi connectivity index (χ0v) is 21.2. The van der Waals surface area contributed by atoms with E-state index in [0.29, 0.717) is 33.3 Å². The molecule has 1 atom stereocenters. The van der Waals surface area contributed by atoms with E-state index in [0.717, 1.165) is 4.70 Å². The topological polar surface area (TPSA) is 109 Å². The average molecular weight is 517 g/mol. The van der Waals surface area contributed by atoms with Crippen molar-refractivity contribution < 1.29 is 29.3 Å². The zero-order valence-electron chi connectivity index (χ0n) is 20.3. The number of aromatic nitrogens is 1. The first kappa shape index (κ1) is 24.3. The fourth-order valence-electron chi connectivity index (χ4n) is 4.27. The van der Waals surface area contributed by atoms with Crippen molar-refractivity contribution >= 4 is 44.1 Å². The molecule has 3 aromatic carbocycles. The minimum absolute atomic E-state index is 0.0336. The van der Waals surface area contributed by atoms with Crippen molar-refractivity contribution in [3.63, 3.8) is 0 Å². The van der Waals surface area contributed by atoms with Crippen molar-refractivity contribution in [1.29, 1.82) is 0 Å². The van der Waals surface area contributed by atoms with Crippen LogP contribution in [-0.2, 0) is 9.59 Å². The molecule has 1 unspecified atom stereocenters. The highest BCUT2D eigenvalue weighted by Gasteiger charge is 2.48. The number of aliphatic hydroxyl groups is 1. The van der Waals surface area contributed by atoms with Gasteiger partial charge in [-0.3, -0.25) is 14.5 Å². The van der Waals surface area contributed by atoms with Crippen LogP contribution in [-0.4, -0.2) is 40.1 Å². The number of phenolic OH excluding ortho intramolecular Hbond substituents is 1. The third-order valence-electron chi connectivity index (χ3n) is 5.92. The number of Topliss-reactive ketones (excluding diaryl/α,β-unsaturated/α-hetero) is 1. The summed E-state index contributed by atoms with van der Waals surface area (Å²) in [5, 5.41) is 21.5. The van der Waals surface area contributed by atoms with Gasteiger partial charge in [-0.2, -0.15) is 0 Å². The first-order chi connectivity index (χ1) is 17.8. The molecule has 1 aromatic heterocycles. The molecule has 2 heterocycles. The number of carbonyl (C=O) groups excluding carboxylic acids is 2. The van der Waals surface area contributed by atoms with Gasteiger partial charge in [-0.15, -0.1) is 0 Å². The van der Waals surface area contributed by atoms with Gasteiger partial charge in [-0.25, -0.2) is 4.98 Å². The van der Waals surface area contributed by atoms with Gasteiger partial charge in [-0.05, 0) is 61.9 Å². The Labute approximate surface area is 217 Å². The Morgan fingerprint density at radius 1 is 1.03 bits per heavy atom. The van der Waals surface area contributed by atoms with Gasteiger partial charge in [0.05, 0.1) is 35.0 Å². The molecule has 4 aromatic rings. The molecule has 2 N–H and O–H groups in total. The van der Waals surface area contributed by atoms with Crippen LogP contribution in [0.1, 0.15) is 31.0 Å². The molecule has 1 amide bonds. The first-order valence-corrected chi connectivity index (χ1v) is 12.4. The quantitative estimate of drug-likeness (QED) is 0.200. The molecule has 5 rings (SSSR count). The van der Waals surface area contributed by atoms with Crippen LogP contribution >= 0.6 is 11.3 Å². The lowest BCUT2D eigenvalue weighted by Crippen LogP contribution is -2.29. The van der Waals surface area contributed by atoms with Crippen LogP contribution in [0.15, 0.2) is 72.3 Å². The van der Waals surface area contributed by atoms with Crippen LogP contribution in [0.2, 0.25) is 0 Å². The maximum atomic E-state index is 13.4. The van der Waals surface area contributed by atoms with Gasteiger partial charge < -0.3 is 19.7 Å². The molecule has 0 saturated carbocycles. The molecule has 1 aliphatic heterocycles. The number of amides is 1. The van der Waals surface area contributed by atoms with E-state index in [9.17, 15) is 19.8 Å². The number of ketones is 1. The number of aliphatic hydroxyl groups excluding tert-OH is 1. The zero-order chi connectivity index (χ0) is 26.3. The Bertz CT molecular complexity index is 1540. The largest absolute Gasteiger partial charge is 0.508 e. The molecule has 0 bridgehead atoms. The van der Waals surface area contributed by atoms with E-state index in [4.69, 9.17) is 9.47 Å². The van der Waals surface area contributed by atoms with E-state index < -0.39 is 17.7 Å². The molecular formula is C28H24N2O6S. The Hall–Kier alpha value is -4.37. The van der Waals surface area contributed by atoms with Gasteiger partial charge in [-0.1, -0.05) is 35.6 Å². The number of benzene rings is 3. The summed E-state index contributed by atoms with van der Waals surface area (Å²) in [6.45, 7) is 3.77. The Morgan fingerprint density at radius 2 is 1.78 bits per heavy atom. The molecule has 8 nitrogen and oxygen atoms in total. The van der Waals surface area contributed by atoms with Crippen molar-refractivity contribution in [2.75, 3.05) is 12.0 Å². The van der Waals surface area contributed by atoms with E-state index in [1.54, 1.807) is 55.6 Å². The van der Waals surface area contributed by atoms with Gasteiger partial charge in [0.2, 0.25) is 0 Å². The first-order valence-electron chi connectivity index (χ1n) is 11.6. The summed E-state index contributed by atoms with van der Waals surface area (Å²) in [6, 6.07) is 17.3. The summed E-state index contributed by atoms with van der Waals surface area (Å²) in [5.41, 5.74) is 1.44. The van der Waals surface area contributed by atoms with Crippen LogP contribution in [0, 0.1) is 0 Å². The van der Waals surface area contributed by atoms with Gasteiger partial charge in [0.25, 0.3) is 5.78 Å². The summed E-state index contributed by atoms with van der Waals surface area (Å²) < 4.78 is 11.8. The van der Waals surface area contributed by atoms with Crippen molar-refractivity contribution in [2.45, 2.75) is 26.0 Å². The molecule has 1 saturated heterocycles. The van der Waals surface area contributed by atoms with Gasteiger partial charge in [0.1, 0.15) is 23.0 Å². The highest BCUT2D eigenvalue weighted by Crippen LogP contribution is 2.45. The van der Waals surface area contributed by atoms with Crippen molar-refractivity contribution in [2.24, 2.45) is 0 Å². The van der Waals surface area contributed by atoms with Crippen LogP contribution in [0.5, 0.6) is 17.2 Å². The van der Waals surface area contributed by atoms with E-state index in [-0.39, 0.29) is 23.2 Å². The fraction of sp³-hybridized carbons (Fsp3) is 0.179. The SMILES string of the molecule is COc1ccc2nc(N3C(=O)C(=O)/C(=C(/O)c4cccc(OC(C)C)c4)C3c3ccc(O)cc3)sc2c1. The molecule has 0 spiro atoms. The lowest BCUT2D eigenvalue weighted by molar-refractivity contribution is -0.132. The molecular weight excluding hydrogens is 492 g/mol. The number of anilines is 1. The number of hydrogen-bond donors (Lipinski definition) is 2. The third-order valence-corrected chi connectivity index (χ3v) is 6.94. The number of hydrogen-bond acceptors (Lipinski definition) is 8. The lowest BCUT2D eigenvalue weighted by Gasteiger charge is -2.23. The second-order valence-corrected chi connectivity index (χ2v) is 9.79. The fourth-order valence-corrected chi connectivity index (χ4v) is 5.29. The molecule has 37 heavy (non-hydrogen) atoms. The summed E-state index contributed by atoms with van der Waals surface area (Å²) in [5.74, 6) is -0.761. The second-order valence-electron chi connectivity index (χ2n) is 8.79. The lowest BCUT2D eigenvalue weighted by atomic mass is 9.95. The highest BCUT2D eigenvalue weighted by atomic mass is 32.1. The van der Waals surface area contributed by atoms with Crippen molar-refractivity contribution in [3.05, 3.63) is 83.4 Å². The summed E-state index contributed by atoms with van der Waals surface area (Å²) in [7, 11) is 1.56. The predicted molar refractivity (Wildman–Crippen MR) is 141 cm³/mol. The minimum Gasteiger partial charge on any atom is -0.508 e. The van der Waals surface area contributed by atoms with E-state index in [1.807, 2.05) is 19.9 Å². The summed E-state index contributed by atoms with van der Waals surface area (Å²) in [6.07, 6.45) is -0.0855. The highest BCUT2D eigenvalue weighted by molar-refractivity contribution is 7.22. The molecule has 1 aliphatic rings. The Balaban J connectivity index is 1.68. The molecule has 9 heteroatoms. The van der Waals surface area contributed by atoms with Gasteiger partial charge in [0, 0.05) is 5.56 Å². The maximum Gasteiger partial charge on any atom is 0.301 e. The van der Waals surface area contributed by atoms with Crippen LogP contribution in [0.4, 0.5) is 5.13 Å². The van der Waals surface area contributed by atoms with Crippen molar-refractivity contribution in [1.82, 2.24) is 4.98 Å². The number of carbonyl (C=O) groups is 2. The summed E-state index contributed by atoms with van der Waals surface area (Å²) >= 11 is 1.24.